The Balaban J connectivity index is 1.94. The number of carbonyl (C=O) groups excluding carboxylic acids is 1. The first-order valence-electron chi connectivity index (χ1n) is 7.39. The van der Waals surface area contributed by atoms with E-state index in [0.29, 0.717) is 17.1 Å². The molecule has 2 aliphatic rings. The van der Waals surface area contributed by atoms with Crippen molar-refractivity contribution < 1.29 is 4.79 Å². The van der Waals surface area contributed by atoms with E-state index in [4.69, 9.17) is 5.73 Å². The highest BCUT2D eigenvalue weighted by atomic mass is 16.2. The lowest BCUT2D eigenvalue weighted by atomic mass is 10.1. The van der Waals surface area contributed by atoms with Crippen molar-refractivity contribution in [2.45, 2.75) is 37.8 Å². The molecule has 4 rings (SSSR count). The van der Waals surface area contributed by atoms with Gasteiger partial charge in [-0.25, -0.2) is 0 Å². The second-order valence-corrected chi connectivity index (χ2v) is 6.00. The zero-order valence-electron chi connectivity index (χ0n) is 11.6. The number of aromatic nitrogens is 1. The van der Waals surface area contributed by atoms with Crippen molar-refractivity contribution >= 4 is 22.5 Å². The summed E-state index contributed by atoms with van der Waals surface area (Å²) in [5.41, 5.74) is 7.19. The molecule has 0 aliphatic heterocycles. The zero-order valence-corrected chi connectivity index (χ0v) is 11.6. The van der Waals surface area contributed by atoms with Gasteiger partial charge in [-0.2, -0.15) is 0 Å². The Hall–Kier alpha value is -2.30. The molecule has 5 nitrogen and oxygen atoms in total. The average molecular weight is 283 g/mol. The van der Waals surface area contributed by atoms with Crippen LogP contribution >= 0.6 is 0 Å². The van der Waals surface area contributed by atoms with Crippen LogP contribution in [0.1, 0.15) is 42.1 Å². The van der Waals surface area contributed by atoms with E-state index in [0.717, 1.165) is 31.2 Å². The molecule has 2 saturated carbocycles. The van der Waals surface area contributed by atoms with Gasteiger partial charge in [-0.3, -0.25) is 9.59 Å². The quantitative estimate of drug-likeness (QED) is 0.843. The van der Waals surface area contributed by atoms with Gasteiger partial charge in [-0.15, -0.1) is 0 Å². The van der Waals surface area contributed by atoms with Crippen LogP contribution < -0.4 is 16.5 Å². The topological polar surface area (TPSA) is 77.1 Å². The summed E-state index contributed by atoms with van der Waals surface area (Å²) in [5, 5.41) is 3.35. The van der Waals surface area contributed by atoms with Crippen LogP contribution in [0.25, 0.3) is 10.9 Å². The minimum absolute atomic E-state index is 0.208. The largest absolute Gasteiger partial charge is 0.398 e. The van der Waals surface area contributed by atoms with Crippen LogP contribution in [-0.4, -0.2) is 16.5 Å². The Morgan fingerprint density at radius 3 is 2.67 bits per heavy atom. The normalized spacial score (nSPS) is 17.9. The fourth-order valence-electron chi connectivity index (χ4n) is 2.73. The first-order chi connectivity index (χ1) is 10.1. The number of anilines is 1. The van der Waals surface area contributed by atoms with Crippen molar-refractivity contribution in [1.82, 2.24) is 9.88 Å². The van der Waals surface area contributed by atoms with Crippen LogP contribution in [0.5, 0.6) is 0 Å². The number of nitrogens with zero attached hydrogens (tertiary/aromatic N) is 1. The van der Waals surface area contributed by atoms with E-state index in [9.17, 15) is 9.59 Å². The second kappa shape index (κ2) is 4.35. The standard InChI is InChI=1S/C16H17N3O2/c17-12-2-1-3-13-14(12)15(20)11(8-19(13)10-6-7-10)16(21)18-9-4-5-9/h1-3,8-10H,4-7,17H2,(H,18,21). The molecule has 21 heavy (non-hydrogen) atoms. The fraction of sp³-hybridized carbons (Fsp3) is 0.375. The summed E-state index contributed by atoms with van der Waals surface area (Å²) in [6.45, 7) is 0. The third kappa shape index (κ3) is 2.09. The number of pyridine rings is 1. The number of amides is 1. The van der Waals surface area contributed by atoms with Crippen molar-refractivity contribution in [3.63, 3.8) is 0 Å². The van der Waals surface area contributed by atoms with E-state index in [1.54, 1.807) is 12.3 Å². The highest BCUT2D eigenvalue weighted by Crippen LogP contribution is 2.37. The number of nitrogen functional groups attached to an aromatic ring is 1. The molecular weight excluding hydrogens is 266 g/mol. The van der Waals surface area contributed by atoms with Crippen LogP contribution in [0.2, 0.25) is 0 Å². The van der Waals surface area contributed by atoms with E-state index in [-0.39, 0.29) is 22.9 Å². The first kappa shape index (κ1) is 12.4. The zero-order chi connectivity index (χ0) is 14.6. The Bertz CT molecular complexity index is 801. The van der Waals surface area contributed by atoms with Crippen LogP contribution in [0.3, 0.4) is 0 Å². The number of hydrogen-bond acceptors (Lipinski definition) is 3. The van der Waals surface area contributed by atoms with Crippen LogP contribution in [0, 0.1) is 0 Å². The number of nitrogens with one attached hydrogen (secondary N) is 1. The molecule has 2 fully saturated rings. The van der Waals surface area contributed by atoms with Gasteiger partial charge in [-0.05, 0) is 37.8 Å². The number of hydrogen-bond donors (Lipinski definition) is 2. The van der Waals surface area contributed by atoms with Crippen molar-refractivity contribution in [2.75, 3.05) is 5.73 Å². The molecule has 2 aliphatic carbocycles. The molecule has 1 amide bonds. The van der Waals surface area contributed by atoms with Crippen LogP contribution in [0.4, 0.5) is 5.69 Å². The van der Waals surface area contributed by atoms with Gasteiger partial charge in [-0.1, -0.05) is 6.07 Å². The molecule has 0 bridgehead atoms. The summed E-state index contributed by atoms with van der Waals surface area (Å²) >= 11 is 0. The van der Waals surface area contributed by atoms with Crippen molar-refractivity contribution in [3.8, 4) is 0 Å². The lowest BCUT2D eigenvalue weighted by molar-refractivity contribution is 0.0949. The Morgan fingerprint density at radius 2 is 2.00 bits per heavy atom. The van der Waals surface area contributed by atoms with E-state index in [1.165, 1.54) is 0 Å². The van der Waals surface area contributed by atoms with Gasteiger partial charge in [0.05, 0.1) is 10.9 Å². The van der Waals surface area contributed by atoms with Crippen molar-refractivity contribution in [2.24, 2.45) is 0 Å². The van der Waals surface area contributed by atoms with Gasteiger partial charge in [0.25, 0.3) is 5.91 Å². The minimum atomic E-state index is -0.276. The monoisotopic (exact) mass is 283 g/mol. The summed E-state index contributed by atoms with van der Waals surface area (Å²) in [7, 11) is 0. The Morgan fingerprint density at radius 1 is 1.24 bits per heavy atom. The van der Waals surface area contributed by atoms with Gasteiger partial charge in [0.1, 0.15) is 5.56 Å². The summed E-state index contributed by atoms with van der Waals surface area (Å²) in [4.78, 5) is 24.9. The predicted octanol–water partition coefficient (Wildman–Crippen LogP) is 1.81. The van der Waals surface area contributed by atoms with Crippen molar-refractivity contribution in [3.05, 3.63) is 40.2 Å². The third-order valence-corrected chi connectivity index (χ3v) is 4.19. The number of rotatable bonds is 3. The lowest BCUT2D eigenvalue weighted by Crippen LogP contribution is -2.31. The predicted molar refractivity (Wildman–Crippen MR) is 81.4 cm³/mol. The van der Waals surface area contributed by atoms with E-state index < -0.39 is 0 Å². The Kier molecular flexibility index (Phi) is 2.58. The summed E-state index contributed by atoms with van der Waals surface area (Å²) in [6.07, 6.45) is 5.86. The minimum Gasteiger partial charge on any atom is -0.398 e. The van der Waals surface area contributed by atoms with Crippen LogP contribution in [-0.2, 0) is 0 Å². The summed E-state index contributed by atoms with van der Waals surface area (Å²) in [6, 6.07) is 6.06. The Labute approximate surface area is 121 Å². The van der Waals surface area contributed by atoms with Gasteiger partial charge in [0, 0.05) is 24.0 Å². The molecule has 0 spiro atoms. The highest BCUT2D eigenvalue weighted by Gasteiger charge is 2.29. The summed E-state index contributed by atoms with van der Waals surface area (Å²) in [5.74, 6) is -0.276. The molecule has 2 aromatic rings. The highest BCUT2D eigenvalue weighted by molar-refractivity contribution is 6.00. The number of benzene rings is 1. The molecule has 1 aromatic carbocycles. The van der Waals surface area contributed by atoms with E-state index in [1.807, 2.05) is 16.7 Å². The molecule has 0 unspecified atom stereocenters. The molecular formula is C16H17N3O2. The van der Waals surface area contributed by atoms with Crippen LogP contribution in [0.15, 0.2) is 29.2 Å². The maximum absolute atomic E-state index is 12.6. The molecule has 108 valence electrons. The number of nitrogens with two attached hydrogens (primary N) is 1. The third-order valence-electron chi connectivity index (χ3n) is 4.19. The maximum atomic E-state index is 12.6. The number of fused-ring (bicyclic) bond motifs is 1. The van der Waals surface area contributed by atoms with Crippen molar-refractivity contribution in [1.29, 1.82) is 0 Å². The van der Waals surface area contributed by atoms with Gasteiger partial charge in [0.2, 0.25) is 5.43 Å². The SMILES string of the molecule is Nc1cccc2c1c(=O)c(C(=O)NC1CC1)cn2C1CC1. The molecule has 1 aromatic heterocycles. The van der Waals surface area contributed by atoms with E-state index in [2.05, 4.69) is 5.32 Å². The average Bonchev–Trinajstić information content (AvgIpc) is 3.33. The molecule has 0 radical (unpaired) electrons. The summed E-state index contributed by atoms with van der Waals surface area (Å²) < 4.78 is 2.04. The molecule has 1 heterocycles. The fourth-order valence-corrected chi connectivity index (χ4v) is 2.73. The van der Waals surface area contributed by atoms with Gasteiger partial charge < -0.3 is 15.6 Å². The second-order valence-electron chi connectivity index (χ2n) is 6.00. The maximum Gasteiger partial charge on any atom is 0.256 e. The number of carbonyl (C=O) groups is 1. The van der Waals surface area contributed by atoms with Gasteiger partial charge in [0.15, 0.2) is 0 Å². The molecule has 0 saturated heterocycles. The lowest BCUT2D eigenvalue weighted by Gasteiger charge is -2.13. The smallest absolute Gasteiger partial charge is 0.256 e. The van der Waals surface area contributed by atoms with Gasteiger partial charge >= 0.3 is 0 Å². The van der Waals surface area contributed by atoms with E-state index >= 15 is 0 Å². The molecule has 5 heteroatoms. The first-order valence-corrected chi connectivity index (χ1v) is 7.39. The molecule has 0 atom stereocenters. The molecule has 3 N–H and O–H groups in total.